The van der Waals surface area contributed by atoms with Gasteiger partial charge in [0, 0.05) is 44.3 Å². The van der Waals surface area contributed by atoms with Gasteiger partial charge in [0.2, 0.25) is 5.91 Å². The molecule has 0 spiro atoms. The first-order valence-electron chi connectivity index (χ1n) is 8.13. The molecule has 146 valence electrons. The number of rotatable bonds is 7. The highest BCUT2D eigenvalue weighted by Crippen LogP contribution is 2.14. The van der Waals surface area contributed by atoms with Crippen molar-refractivity contribution in [2.75, 3.05) is 7.05 Å². The molecule has 1 unspecified atom stereocenters. The quantitative estimate of drug-likeness (QED) is 0.624. The molecule has 2 heterocycles. The van der Waals surface area contributed by atoms with Crippen LogP contribution in [0.1, 0.15) is 22.7 Å². The van der Waals surface area contributed by atoms with Crippen LogP contribution >= 0.6 is 24.8 Å². The van der Waals surface area contributed by atoms with E-state index in [1.807, 2.05) is 42.2 Å². The maximum atomic E-state index is 12.6. The molecule has 1 atom stereocenters. The maximum Gasteiger partial charge on any atom is 0.242 e. The van der Waals surface area contributed by atoms with Gasteiger partial charge in [-0.15, -0.1) is 24.8 Å². The lowest BCUT2D eigenvalue weighted by atomic mass is 10.1. The summed E-state index contributed by atoms with van der Waals surface area (Å²) in [6.45, 7) is 1.20. The summed E-state index contributed by atoms with van der Waals surface area (Å²) in [5, 5.41) is 10.2. The summed E-state index contributed by atoms with van der Waals surface area (Å²) in [5.41, 5.74) is 3.09. The van der Waals surface area contributed by atoms with E-state index < -0.39 is 6.04 Å². The van der Waals surface area contributed by atoms with Crippen molar-refractivity contribution >= 4 is 30.7 Å². The van der Waals surface area contributed by atoms with Gasteiger partial charge in [-0.3, -0.25) is 9.48 Å². The summed E-state index contributed by atoms with van der Waals surface area (Å²) in [6.07, 6.45) is 9.01. The zero-order valence-corrected chi connectivity index (χ0v) is 16.8. The van der Waals surface area contributed by atoms with Gasteiger partial charge in [0.15, 0.2) is 0 Å². The first-order valence-corrected chi connectivity index (χ1v) is 8.13. The third kappa shape index (κ3) is 5.82. The summed E-state index contributed by atoms with van der Waals surface area (Å²) < 4.78 is 3.69. The largest absolute Gasteiger partial charge is 0.350 e. The lowest BCUT2D eigenvalue weighted by molar-refractivity contribution is -0.123. The molecule has 0 aliphatic carbocycles. The fourth-order valence-electron chi connectivity index (χ4n) is 2.78. The second kappa shape index (κ2) is 10.7. The molecule has 1 amide bonds. The van der Waals surface area contributed by atoms with E-state index >= 15 is 0 Å². The Hall–Kier alpha value is -2.35. The first-order chi connectivity index (χ1) is 12.2. The van der Waals surface area contributed by atoms with Gasteiger partial charge in [0.25, 0.3) is 0 Å². The number of nitrogens with one attached hydrogen (secondary N) is 2. The minimum absolute atomic E-state index is 0. The number of carbonyl (C=O) groups is 1. The summed E-state index contributed by atoms with van der Waals surface area (Å²) in [5.74, 6) is -0.0760. The number of aromatic nitrogens is 4. The van der Waals surface area contributed by atoms with Gasteiger partial charge in [-0.1, -0.05) is 24.3 Å². The number of nitrogens with zero attached hydrogens (tertiary/aromatic N) is 4. The Morgan fingerprint density at radius 2 is 1.96 bits per heavy atom. The lowest BCUT2D eigenvalue weighted by Gasteiger charge is -2.16. The molecule has 0 saturated heterocycles. The zero-order valence-electron chi connectivity index (χ0n) is 15.2. The van der Waals surface area contributed by atoms with Crippen LogP contribution in [0.5, 0.6) is 0 Å². The van der Waals surface area contributed by atoms with Crippen LogP contribution in [-0.2, 0) is 24.9 Å². The molecule has 0 aliphatic heterocycles. The predicted octanol–water partition coefficient (Wildman–Crippen LogP) is 2.09. The minimum Gasteiger partial charge on any atom is -0.350 e. The van der Waals surface area contributed by atoms with Gasteiger partial charge in [0.05, 0.1) is 12.5 Å². The van der Waals surface area contributed by atoms with E-state index in [2.05, 4.69) is 26.8 Å². The molecule has 2 N–H and O–H groups in total. The number of benzene rings is 1. The van der Waals surface area contributed by atoms with Crippen molar-refractivity contribution in [3.8, 4) is 0 Å². The summed E-state index contributed by atoms with van der Waals surface area (Å²) in [6, 6.07) is 7.66. The van der Waals surface area contributed by atoms with Crippen molar-refractivity contribution in [2.45, 2.75) is 19.1 Å². The molecular formula is C18H24Cl2N6O. The summed E-state index contributed by atoms with van der Waals surface area (Å²) >= 11 is 0. The Kier molecular flexibility index (Phi) is 9.00. The number of amides is 1. The number of hydrogen-bond donors (Lipinski definition) is 2. The van der Waals surface area contributed by atoms with Crippen molar-refractivity contribution in [1.29, 1.82) is 0 Å². The Labute approximate surface area is 171 Å². The zero-order chi connectivity index (χ0) is 17.6. The van der Waals surface area contributed by atoms with E-state index in [1.54, 1.807) is 30.5 Å². The van der Waals surface area contributed by atoms with E-state index in [-0.39, 0.29) is 30.7 Å². The highest BCUT2D eigenvalue weighted by Gasteiger charge is 2.20. The molecule has 1 aromatic carbocycles. The molecule has 27 heavy (non-hydrogen) atoms. The smallest absolute Gasteiger partial charge is 0.242 e. The summed E-state index contributed by atoms with van der Waals surface area (Å²) in [7, 11) is 3.60. The molecule has 0 saturated carbocycles. The third-order valence-electron chi connectivity index (χ3n) is 4.09. The van der Waals surface area contributed by atoms with Crippen LogP contribution in [0.15, 0.2) is 55.4 Å². The molecule has 9 heteroatoms. The normalized spacial score (nSPS) is 11.2. The van der Waals surface area contributed by atoms with Gasteiger partial charge < -0.3 is 15.2 Å². The monoisotopic (exact) mass is 410 g/mol. The second-order valence-corrected chi connectivity index (χ2v) is 5.89. The van der Waals surface area contributed by atoms with Crippen LogP contribution in [0.4, 0.5) is 0 Å². The number of likely N-dealkylation sites (N-methyl/N-ethyl adjacent to an activating group) is 1. The van der Waals surface area contributed by atoms with Crippen LogP contribution in [0.2, 0.25) is 0 Å². The Morgan fingerprint density at radius 1 is 1.22 bits per heavy atom. The third-order valence-corrected chi connectivity index (χ3v) is 4.09. The maximum absolute atomic E-state index is 12.6. The molecule has 7 nitrogen and oxygen atoms in total. The predicted molar refractivity (Wildman–Crippen MR) is 109 cm³/mol. The van der Waals surface area contributed by atoms with E-state index in [0.717, 1.165) is 23.2 Å². The molecule has 0 bridgehead atoms. The van der Waals surface area contributed by atoms with Gasteiger partial charge in [0.1, 0.15) is 6.04 Å². The average Bonchev–Trinajstić information content (AvgIpc) is 3.27. The SMILES string of the molecule is CNC(C(=O)NCc1ccccc1Cn1ccnc1)c1cnn(C)c1.Cl.Cl. The van der Waals surface area contributed by atoms with E-state index in [9.17, 15) is 4.79 Å². The minimum atomic E-state index is -0.422. The molecule has 0 fully saturated rings. The van der Waals surface area contributed by atoms with Crippen LogP contribution in [-0.4, -0.2) is 32.3 Å². The van der Waals surface area contributed by atoms with Crippen LogP contribution in [0.25, 0.3) is 0 Å². The molecule has 2 aromatic heterocycles. The molecule has 3 aromatic rings. The van der Waals surface area contributed by atoms with Gasteiger partial charge in [-0.05, 0) is 18.2 Å². The van der Waals surface area contributed by atoms with Crippen LogP contribution in [0, 0.1) is 0 Å². The van der Waals surface area contributed by atoms with Gasteiger partial charge in [-0.2, -0.15) is 5.10 Å². The molecule has 0 aliphatic rings. The van der Waals surface area contributed by atoms with Crippen molar-refractivity contribution < 1.29 is 4.79 Å². The summed E-state index contributed by atoms with van der Waals surface area (Å²) in [4.78, 5) is 16.6. The van der Waals surface area contributed by atoms with E-state index in [0.29, 0.717) is 6.54 Å². The van der Waals surface area contributed by atoms with Crippen molar-refractivity contribution in [3.63, 3.8) is 0 Å². The first kappa shape index (κ1) is 22.7. The van der Waals surface area contributed by atoms with Crippen molar-refractivity contribution in [1.82, 2.24) is 30.0 Å². The molecule has 0 radical (unpaired) electrons. The van der Waals surface area contributed by atoms with E-state index in [4.69, 9.17) is 0 Å². The average molecular weight is 411 g/mol. The Morgan fingerprint density at radius 3 is 2.56 bits per heavy atom. The highest BCUT2D eigenvalue weighted by atomic mass is 35.5. The van der Waals surface area contributed by atoms with Crippen molar-refractivity contribution in [2.24, 2.45) is 7.05 Å². The number of imidazole rings is 1. The number of carbonyl (C=O) groups excluding carboxylic acids is 1. The molecular weight excluding hydrogens is 387 g/mol. The number of aryl methyl sites for hydroxylation is 1. The lowest BCUT2D eigenvalue weighted by Crippen LogP contribution is -2.35. The number of halogens is 2. The fraction of sp³-hybridized carbons (Fsp3) is 0.278. The highest BCUT2D eigenvalue weighted by molar-refractivity contribution is 5.85. The Bertz CT molecular complexity index is 834. The second-order valence-electron chi connectivity index (χ2n) is 5.89. The standard InChI is InChI=1S/C18H22N6O.2ClH/c1-19-17(16-10-22-23(2)11-16)18(25)21-9-14-5-3-4-6-15(14)12-24-8-7-20-13-24;;/h3-8,10-11,13,17,19H,9,12H2,1-2H3,(H,21,25);2*1H. The van der Waals surface area contributed by atoms with Crippen LogP contribution in [0.3, 0.4) is 0 Å². The van der Waals surface area contributed by atoms with Gasteiger partial charge in [-0.25, -0.2) is 4.98 Å². The topological polar surface area (TPSA) is 76.8 Å². The van der Waals surface area contributed by atoms with E-state index in [1.165, 1.54) is 0 Å². The van der Waals surface area contributed by atoms with Crippen LogP contribution < -0.4 is 10.6 Å². The molecule has 3 rings (SSSR count). The Balaban J connectivity index is 0.00000182. The van der Waals surface area contributed by atoms with Crippen molar-refractivity contribution in [3.05, 3.63) is 72.1 Å². The fourth-order valence-corrected chi connectivity index (χ4v) is 2.78. The number of hydrogen-bond acceptors (Lipinski definition) is 4. The van der Waals surface area contributed by atoms with Gasteiger partial charge >= 0.3 is 0 Å².